The number of ether oxygens (including phenoxy) is 1. The summed E-state index contributed by atoms with van der Waals surface area (Å²) in [6, 6.07) is 6.50. The standard InChI is InChI=1S/C16H17NO4/c1-2-10-21-14-7-5-12(6-8-14)16(20)17-9-3-4-13(17)11-15(18)19/h1,5-8,13H,3-4,9-11H2,(H,18,19). The first kappa shape index (κ1) is 14.9. The zero-order valence-electron chi connectivity index (χ0n) is 11.6. The maximum absolute atomic E-state index is 12.4. The monoisotopic (exact) mass is 287 g/mol. The second kappa shape index (κ2) is 6.80. The molecule has 1 aromatic carbocycles. The number of carbonyl (C=O) groups excluding carboxylic acids is 1. The zero-order chi connectivity index (χ0) is 15.2. The smallest absolute Gasteiger partial charge is 0.305 e. The van der Waals surface area contributed by atoms with E-state index < -0.39 is 5.97 Å². The first-order valence-electron chi connectivity index (χ1n) is 6.81. The molecule has 5 heteroatoms. The van der Waals surface area contributed by atoms with Crippen LogP contribution in [-0.2, 0) is 4.79 Å². The number of carbonyl (C=O) groups is 2. The third-order valence-corrected chi connectivity index (χ3v) is 3.47. The minimum Gasteiger partial charge on any atom is -0.481 e. The first-order chi connectivity index (χ1) is 10.1. The van der Waals surface area contributed by atoms with Gasteiger partial charge in [-0.1, -0.05) is 5.92 Å². The molecule has 0 bridgehead atoms. The Morgan fingerprint density at radius 1 is 1.38 bits per heavy atom. The van der Waals surface area contributed by atoms with Crippen LogP contribution in [-0.4, -0.2) is 41.1 Å². The van der Waals surface area contributed by atoms with E-state index in [4.69, 9.17) is 16.3 Å². The van der Waals surface area contributed by atoms with Crippen molar-refractivity contribution in [3.8, 4) is 18.1 Å². The van der Waals surface area contributed by atoms with Crippen molar-refractivity contribution < 1.29 is 19.4 Å². The predicted molar refractivity (Wildman–Crippen MR) is 77.1 cm³/mol. The van der Waals surface area contributed by atoms with Crippen molar-refractivity contribution in [1.29, 1.82) is 0 Å². The van der Waals surface area contributed by atoms with Gasteiger partial charge in [-0.25, -0.2) is 0 Å². The predicted octanol–water partition coefficient (Wildman–Crippen LogP) is 1.78. The van der Waals surface area contributed by atoms with Gasteiger partial charge in [0, 0.05) is 18.2 Å². The Kier molecular flexibility index (Phi) is 4.83. The van der Waals surface area contributed by atoms with Gasteiger partial charge in [0.15, 0.2) is 0 Å². The maximum atomic E-state index is 12.4. The molecule has 5 nitrogen and oxygen atoms in total. The third kappa shape index (κ3) is 3.76. The molecule has 1 fully saturated rings. The fourth-order valence-corrected chi connectivity index (χ4v) is 2.50. The summed E-state index contributed by atoms with van der Waals surface area (Å²) >= 11 is 0. The molecule has 0 aromatic heterocycles. The first-order valence-corrected chi connectivity index (χ1v) is 6.81. The molecule has 1 N–H and O–H groups in total. The highest BCUT2D eigenvalue weighted by Crippen LogP contribution is 2.23. The van der Waals surface area contributed by atoms with E-state index in [2.05, 4.69) is 5.92 Å². The van der Waals surface area contributed by atoms with Gasteiger partial charge < -0.3 is 14.7 Å². The summed E-state index contributed by atoms with van der Waals surface area (Å²) in [7, 11) is 0. The van der Waals surface area contributed by atoms with Gasteiger partial charge in [0.2, 0.25) is 0 Å². The van der Waals surface area contributed by atoms with Gasteiger partial charge in [0.05, 0.1) is 6.42 Å². The Morgan fingerprint density at radius 2 is 2.10 bits per heavy atom. The molecule has 1 amide bonds. The number of aliphatic carboxylic acids is 1. The Balaban J connectivity index is 2.05. The van der Waals surface area contributed by atoms with Crippen LogP contribution in [0.5, 0.6) is 5.75 Å². The molecule has 0 spiro atoms. The van der Waals surface area contributed by atoms with Crippen LogP contribution in [0.4, 0.5) is 0 Å². The lowest BCUT2D eigenvalue weighted by atomic mass is 10.1. The van der Waals surface area contributed by atoms with Crippen molar-refractivity contribution in [1.82, 2.24) is 4.90 Å². The second-order valence-corrected chi connectivity index (χ2v) is 4.91. The molecule has 0 aliphatic carbocycles. The fourth-order valence-electron chi connectivity index (χ4n) is 2.50. The van der Waals surface area contributed by atoms with Gasteiger partial charge >= 0.3 is 5.97 Å². The van der Waals surface area contributed by atoms with Gasteiger partial charge in [0.1, 0.15) is 12.4 Å². The number of rotatable bonds is 5. The second-order valence-electron chi connectivity index (χ2n) is 4.91. The SMILES string of the molecule is C#CCOc1ccc(C(=O)N2CCCC2CC(=O)O)cc1. The number of hydrogen-bond acceptors (Lipinski definition) is 3. The van der Waals surface area contributed by atoms with E-state index in [1.54, 1.807) is 29.2 Å². The number of nitrogens with zero attached hydrogens (tertiary/aromatic N) is 1. The van der Waals surface area contributed by atoms with E-state index in [0.717, 1.165) is 12.8 Å². The Morgan fingerprint density at radius 3 is 2.71 bits per heavy atom. The molecule has 1 aliphatic rings. The highest BCUT2D eigenvalue weighted by Gasteiger charge is 2.30. The lowest BCUT2D eigenvalue weighted by Crippen LogP contribution is -2.36. The quantitative estimate of drug-likeness (QED) is 0.838. The van der Waals surface area contributed by atoms with Gasteiger partial charge in [-0.15, -0.1) is 6.42 Å². The average molecular weight is 287 g/mol. The van der Waals surface area contributed by atoms with Crippen LogP contribution in [0.3, 0.4) is 0 Å². The van der Waals surface area contributed by atoms with Crippen molar-refractivity contribution in [2.24, 2.45) is 0 Å². The Bertz CT molecular complexity index is 559. The average Bonchev–Trinajstić information content (AvgIpc) is 2.92. The summed E-state index contributed by atoms with van der Waals surface area (Å²) in [6.07, 6.45) is 6.68. The molecule has 2 rings (SSSR count). The lowest BCUT2D eigenvalue weighted by Gasteiger charge is -2.23. The molecule has 110 valence electrons. The molecular weight excluding hydrogens is 270 g/mol. The molecule has 0 saturated carbocycles. The molecule has 1 aromatic rings. The zero-order valence-corrected chi connectivity index (χ0v) is 11.6. The molecule has 1 heterocycles. The van der Waals surface area contributed by atoms with Crippen LogP contribution < -0.4 is 4.74 Å². The molecule has 1 aliphatic heterocycles. The minimum absolute atomic E-state index is 0.00486. The Labute approximate surface area is 123 Å². The van der Waals surface area contributed by atoms with E-state index >= 15 is 0 Å². The van der Waals surface area contributed by atoms with Crippen molar-refractivity contribution in [2.45, 2.75) is 25.3 Å². The van der Waals surface area contributed by atoms with Crippen LogP contribution in [0, 0.1) is 12.3 Å². The van der Waals surface area contributed by atoms with E-state index in [0.29, 0.717) is 17.9 Å². The van der Waals surface area contributed by atoms with E-state index in [-0.39, 0.29) is 25.0 Å². The maximum Gasteiger partial charge on any atom is 0.305 e. The molecule has 1 saturated heterocycles. The van der Waals surface area contributed by atoms with E-state index in [9.17, 15) is 9.59 Å². The summed E-state index contributed by atoms with van der Waals surface area (Å²) < 4.78 is 5.25. The van der Waals surface area contributed by atoms with Gasteiger partial charge in [-0.3, -0.25) is 9.59 Å². The van der Waals surface area contributed by atoms with E-state index in [1.165, 1.54) is 0 Å². The summed E-state index contributed by atoms with van der Waals surface area (Å²) in [5.74, 6) is 1.96. The summed E-state index contributed by atoms with van der Waals surface area (Å²) in [5.41, 5.74) is 0.528. The summed E-state index contributed by atoms with van der Waals surface area (Å²) in [5, 5.41) is 8.89. The van der Waals surface area contributed by atoms with Crippen LogP contribution >= 0.6 is 0 Å². The van der Waals surface area contributed by atoms with Gasteiger partial charge in [-0.2, -0.15) is 0 Å². The highest BCUT2D eigenvalue weighted by atomic mass is 16.5. The van der Waals surface area contributed by atoms with Crippen LogP contribution in [0.1, 0.15) is 29.6 Å². The summed E-state index contributed by atoms with van der Waals surface area (Å²) in [6.45, 7) is 0.784. The van der Waals surface area contributed by atoms with Crippen LogP contribution in [0.25, 0.3) is 0 Å². The molecular formula is C16H17NO4. The van der Waals surface area contributed by atoms with Crippen LogP contribution in [0.15, 0.2) is 24.3 Å². The number of benzene rings is 1. The van der Waals surface area contributed by atoms with Crippen molar-refractivity contribution in [3.63, 3.8) is 0 Å². The van der Waals surface area contributed by atoms with Crippen molar-refractivity contribution in [3.05, 3.63) is 29.8 Å². The number of likely N-dealkylation sites (tertiary alicyclic amines) is 1. The van der Waals surface area contributed by atoms with Crippen LogP contribution in [0.2, 0.25) is 0 Å². The topological polar surface area (TPSA) is 66.8 Å². The van der Waals surface area contributed by atoms with Crippen molar-refractivity contribution >= 4 is 11.9 Å². The number of carboxylic acid groups (broad SMARTS) is 1. The lowest BCUT2D eigenvalue weighted by molar-refractivity contribution is -0.137. The Hall–Kier alpha value is -2.48. The summed E-state index contributed by atoms with van der Waals surface area (Å²) in [4.78, 5) is 24.9. The minimum atomic E-state index is -0.877. The fraction of sp³-hybridized carbons (Fsp3) is 0.375. The third-order valence-electron chi connectivity index (χ3n) is 3.47. The number of hydrogen-bond donors (Lipinski definition) is 1. The largest absolute Gasteiger partial charge is 0.481 e. The van der Waals surface area contributed by atoms with Gasteiger partial charge in [-0.05, 0) is 37.1 Å². The molecule has 1 atom stereocenters. The number of carboxylic acids is 1. The number of amides is 1. The normalized spacial score (nSPS) is 17.3. The van der Waals surface area contributed by atoms with Crippen molar-refractivity contribution in [2.75, 3.05) is 13.2 Å². The molecule has 1 unspecified atom stereocenters. The molecule has 21 heavy (non-hydrogen) atoms. The van der Waals surface area contributed by atoms with E-state index in [1.807, 2.05) is 0 Å². The highest BCUT2D eigenvalue weighted by molar-refractivity contribution is 5.95. The molecule has 0 radical (unpaired) electrons. The number of terminal acetylenes is 1. The van der Waals surface area contributed by atoms with Gasteiger partial charge in [0.25, 0.3) is 5.91 Å².